The Morgan fingerprint density at radius 3 is 3.00 bits per heavy atom. The molecule has 116 valence electrons. The minimum absolute atomic E-state index is 0.284. The maximum absolute atomic E-state index is 10.7. The second kappa shape index (κ2) is 7.46. The number of nitrogens with zero attached hydrogens (tertiary/aromatic N) is 1. The fraction of sp³-hybridized carbons (Fsp3) is 0.588. The molecular formula is C17H25NO3. The third-order valence-electron chi connectivity index (χ3n) is 4.20. The van der Waals surface area contributed by atoms with Gasteiger partial charge in [-0.25, -0.2) is 0 Å². The van der Waals surface area contributed by atoms with Crippen LogP contribution in [-0.4, -0.2) is 36.2 Å². The molecule has 1 N–H and O–H groups in total. The van der Waals surface area contributed by atoms with Crippen molar-refractivity contribution in [3.63, 3.8) is 0 Å². The van der Waals surface area contributed by atoms with Gasteiger partial charge in [-0.2, -0.15) is 0 Å². The number of carboxylic acid groups (broad SMARTS) is 1. The normalized spacial score (nSPS) is 19.4. The van der Waals surface area contributed by atoms with E-state index in [2.05, 4.69) is 24.0 Å². The largest absolute Gasteiger partial charge is 0.496 e. The number of piperidine rings is 1. The van der Waals surface area contributed by atoms with Gasteiger partial charge in [-0.15, -0.1) is 0 Å². The van der Waals surface area contributed by atoms with Crippen LogP contribution in [0, 0.1) is 12.8 Å². The van der Waals surface area contributed by atoms with Gasteiger partial charge in [0, 0.05) is 25.1 Å². The Labute approximate surface area is 126 Å². The van der Waals surface area contributed by atoms with Crippen molar-refractivity contribution in [2.75, 3.05) is 20.2 Å². The number of carboxylic acids is 1. The Morgan fingerprint density at radius 1 is 1.48 bits per heavy atom. The predicted octanol–water partition coefficient (Wildman–Crippen LogP) is 3.08. The molecule has 0 radical (unpaired) electrons. The molecule has 1 unspecified atom stereocenters. The molecule has 1 atom stereocenters. The minimum Gasteiger partial charge on any atom is -0.496 e. The van der Waals surface area contributed by atoms with Crippen molar-refractivity contribution in [1.82, 2.24) is 4.90 Å². The van der Waals surface area contributed by atoms with Gasteiger partial charge in [0.15, 0.2) is 0 Å². The zero-order valence-corrected chi connectivity index (χ0v) is 13.0. The van der Waals surface area contributed by atoms with E-state index in [4.69, 9.17) is 9.84 Å². The smallest absolute Gasteiger partial charge is 0.303 e. The molecule has 1 aliphatic rings. The summed E-state index contributed by atoms with van der Waals surface area (Å²) in [6.45, 7) is 5.05. The van der Waals surface area contributed by atoms with Crippen LogP contribution in [0.4, 0.5) is 0 Å². The number of likely N-dealkylation sites (tertiary alicyclic amines) is 1. The van der Waals surface area contributed by atoms with Gasteiger partial charge in [0.2, 0.25) is 0 Å². The number of methoxy groups -OCH3 is 1. The van der Waals surface area contributed by atoms with Gasteiger partial charge >= 0.3 is 5.97 Å². The van der Waals surface area contributed by atoms with Crippen LogP contribution in [0.3, 0.4) is 0 Å². The van der Waals surface area contributed by atoms with Gasteiger partial charge in [0.05, 0.1) is 7.11 Å². The van der Waals surface area contributed by atoms with E-state index in [1.165, 1.54) is 11.1 Å². The van der Waals surface area contributed by atoms with Gasteiger partial charge in [0.1, 0.15) is 5.75 Å². The highest BCUT2D eigenvalue weighted by Gasteiger charge is 2.21. The van der Waals surface area contributed by atoms with E-state index >= 15 is 0 Å². The molecule has 0 amide bonds. The minimum atomic E-state index is -0.688. The second-order valence-electron chi connectivity index (χ2n) is 5.99. The number of carbonyl (C=O) groups is 1. The highest BCUT2D eigenvalue weighted by Crippen LogP contribution is 2.26. The average Bonchev–Trinajstić information content (AvgIpc) is 2.46. The monoisotopic (exact) mass is 291 g/mol. The number of aliphatic carboxylic acids is 1. The quantitative estimate of drug-likeness (QED) is 0.875. The molecule has 21 heavy (non-hydrogen) atoms. The molecule has 0 aromatic heterocycles. The fourth-order valence-electron chi connectivity index (χ4n) is 3.13. The van der Waals surface area contributed by atoms with Crippen molar-refractivity contribution in [1.29, 1.82) is 0 Å². The molecule has 4 heteroatoms. The van der Waals surface area contributed by atoms with Gasteiger partial charge in [-0.05, 0) is 44.7 Å². The van der Waals surface area contributed by atoms with E-state index in [9.17, 15) is 4.79 Å². The molecule has 1 fully saturated rings. The summed E-state index contributed by atoms with van der Waals surface area (Å²) >= 11 is 0. The van der Waals surface area contributed by atoms with E-state index in [1.54, 1.807) is 7.11 Å². The van der Waals surface area contributed by atoms with Gasteiger partial charge in [-0.3, -0.25) is 9.69 Å². The number of hydrogen-bond acceptors (Lipinski definition) is 3. The van der Waals surface area contributed by atoms with Crippen LogP contribution >= 0.6 is 0 Å². The molecule has 0 spiro atoms. The molecule has 1 heterocycles. The van der Waals surface area contributed by atoms with Gasteiger partial charge in [0.25, 0.3) is 0 Å². The van der Waals surface area contributed by atoms with Gasteiger partial charge < -0.3 is 9.84 Å². The summed E-state index contributed by atoms with van der Waals surface area (Å²) in [7, 11) is 1.71. The van der Waals surface area contributed by atoms with Crippen LogP contribution in [0.15, 0.2) is 18.2 Å². The van der Waals surface area contributed by atoms with Crippen LogP contribution in [-0.2, 0) is 11.3 Å². The van der Waals surface area contributed by atoms with Crippen molar-refractivity contribution >= 4 is 5.97 Å². The standard InChI is InChI=1S/C17H25NO3/c1-13-5-7-16(21-2)15(10-13)12-18-9-3-4-14(11-18)6-8-17(19)20/h5,7,10,14H,3-4,6,8-9,11-12H2,1-2H3,(H,19,20). The zero-order valence-electron chi connectivity index (χ0n) is 13.0. The number of aryl methyl sites for hydroxylation is 1. The summed E-state index contributed by atoms with van der Waals surface area (Å²) in [6.07, 6.45) is 3.37. The van der Waals surface area contributed by atoms with E-state index in [0.717, 1.165) is 44.6 Å². The first kappa shape index (κ1) is 15.8. The van der Waals surface area contributed by atoms with Gasteiger partial charge in [-0.1, -0.05) is 17.7 Å². The lowest BCUT2D eigenvalue weighted by atomic mass is 9.93. The molecule has 1 aromatic carbocycles. The molecular weight excluding hydrogens is 266 g/mol. The predicted molar refractivity (Wildman–Crippen MR) is 82.6 cm³/mol. The second-order valence-corrected chi connectivity index (χ2v) is 5.99. The molecule has 1 saturated heterocycles. The molecule has 0 aliphatic carbocycles. The first-order valence-electron chi connectivity index (χ1n) is 7.66. The number of benzene rings is 1. The van der Waals surface area contributed by atoms with E-state index in [0.29, 0.717) is 5.92 Å². The summed E-state index contributed by atoms with van der Waals surface area (Å²) in [6, 6.07) is 6.27. The Bertz CT molecular complexity index is 487. The Balaban J connectivity index is 1.96. The summed E-state index contributed by atoms with van der Waals surface area (Å²) < 4.78 is 5.44. The van der Waals surface area contributed by atoms with Crippen molar-refractivity contribution in [3.05, 3.63) is 29.3 Å². The number of rotatable bonds is 6. The van der Waals surface area contributed by atoms with Crippen LogP contribution in [0.5, 0.6) is 5.75 Å². The number of ether oxygens (including phenoxy) is 1. The maximum atomic E-state index is 10.7. The van der Waals surface area contributed by atoms with E-state index in [-0.39, 0.29) is 6.42 Å². The third kappa shape index (κ3) is 4.74. The lowest BCUT2D eigenvalue weighted by Gasteiger charge is -2.33. The van der Waals surface area contributed by atoms with Crippen LogP contribution in [0.25, 0.3) is 0 Å². The lowest BCUT2D eigenvalue weighted by Crippen LogP contribution is -2.35. The Hall–Kier alpha value is -1.55. The first-order valence-corrected chi connectivity index (χ1v) is 7.66. The zero-order chi connectivity index (χ0) is 15.2. The molecule has 2 rings (SSSR count). The lowest BCUT2D eigenvalue weighted by molar-refractivity contribution is -0.137. The first-order chi connectivity index (χ1) is 10.1. The molecule has 1 aliphatic heterocycles. The van der Waals surface area contributed by atoms with Crippen molar-refractivity contribution in [2.45, 2.75) is 39.2 Å². The Kier molecular flexibility index (Phi) is 5.62. The summed E-state index contributed by atoms with van der Waals surface area (Å²) in [5.74, 6) is 0.756. The summed E-state index contributed by atoms with van der Waals surface area (Å²) in [5, 5.41) is 8.81. The fourth-order valence-corrected chi connectivity index (χ4v) is 3.13. The summed E-state index contributed by atoms with van der Waals surface area (Å²) in [5.41, 5.74) is 2.46. The average molecular weight is 291 g/mol. The maximum Gasteiger partial charge on any atom is 0.303 e. The van der Waals surface area contributed by atoms with Crippen molar-refractivity contribution in [2.24, 2.45) is 5.92 Å². The Morgan fingerprint density at radius 2 is 2.29 bits per heavy atom. The highest BCUT2D eigenvalue weighted by atomic mass is 16.5. The van der Waals surface area contributed by atoms with E-state index in [1.807, 2.05) is 6.07 Å². The summed E-state index contributed by atoms with van der Waals surface area (Å²) in [4.78, 5) is 13.1. The molecule has 0 saturated carbocycles. The van der Waals surface area contributed by atoms with Crippen molar-refractivity contribution in [3.8, 4) is 5.75 Å². The topological polar surface area (TPSA) is 49.8 Å². The highest BCUT2D eigenvalue weighted by molar-refractivity contribution is 5.66. The van der Waals surface area contributed by atoms with Crippen LogP contribution in [0.1, 0.15) is 36.8 Å². The molecule has 4 nitrogen and oxygen atoms in total. The number of hydrogen-bond donors (Lipinski definition) is 1. The molecule has 0 bridgehead atoms. The third-order valence-corrected chi connectivity index (χ3v) is 4.20. The van der Waals surface area contributed by atoms with Crippen LogP contribution in [0.2, 0.25) is 0 Å². The SMILES string of the molecule is COc1ccc(C)cc1CN1CCCC(CCC(=O)O)C1. The van der Waals surface area contributed by atoms with E-state index < -0.39 is 5.97 Å². The van der Waals surface area contributed by atoms with Crippen LogP contribution < -0.4 is 4.74 Å². The van der Waals surface area contributed by atoms with Crippen molar-refractivity contribution < 1.29 is 14.6 Å². The molecule has 1 aromatic rings.